The van der Waals surface area contributed by atoms with Gasteiger partial charge in [0, 0.05) is 17.8 Å². The molecule has 2 N–H and O–H groups in total. The number of amides is 1. The summed E-state index contributed by atoms with van der Waals surface area (Å²) in [4.78, 5) is 11.2. The van der Waals surface area contributed by atoms with Crippen molar-refractivity contribution in [3.8, 4) is 5.75 Å². The fourth-order valence-corrected chi connectivity index (χ4v) is 2.47. The van der Waals surface area contributed by atoms with Crippen LogP contribution in [0.5, 0.6) is 5.75 Å². The predicted molar refractivity (Wildman–Crippen MR) is 83.8 cm³/mol. The minimum atomic E-state index is -0.224. The number of halogens is 1. The summed E-state index contributed by atoms with van der Waals surface area (Å²) in [5.41, 5.74) is 2.68. The molecule has 2 aromatic rings. The van der Waals surface area contributed by atoms with E-state index in [-0.39, 0.29) is 24.4 Å². The van der Waals surface area contributed by atoms with Gasteiger partial charge in [-0.3, -0.25) is 4.79 Å². The van der Waals surface area contributed by atoms with E-state index >= 15 is 0 Å². The van der Waals surface area contributed by atoms with Crippen molar-refractivity contribution in [1.82, 2.24) is 0 Å². The third kappa shape index (κ3) is 3.36. The number of hydrogen-bond acceptors (Lipinski definition) is 3. The Bertz CT molecular complexity index is 686. The average molecular weight is 300 g/mol. The molecule has 0 fully saturated rings. The largest absolute Gasteiger partial charge is 0.482 e. The fraction of sp³-hybridized carbons (Fsp3) is 0.235. The number of fused-ring (bicyclic) bond motifs is 1. The van der Waals surface area contributed by atoms with Crippen LogP contribution in [-0.2, 0) is 11.2 Å². The molecule has 1 atom stereocenters. The van der Waals surface area contributed by atoms with Crippen LogP contribution in [0.15, 0.2) is 42.5 Å². The van der Waals surface area contributed by atoms with Crippen LogP contribution in [0.1, 0.15) is 12.5 Å². The number of carbonyl (C=O) groups excluding carboxylic acids is 1. The Kier molecular flexibility index (Phi) is 3.96. The van der Waals surface area contributed by atoms with E-state index in [0.29, 0.717) is 11.4 Å². The highest BCUT2D eigenvalue weighted by Crippen LogP contribution is 2.30. The smallest absolute Gasteiger partial charge is 0.262 e. The second kappa shape index (κ2) is 6.05. The van der Waals surface area contributed by atoms with Crippen molar-refractivity contribution in [3.63, 3.8) is 0 Å². The van der Waals surface area contributed by atoms with Crippen molar-refractivity contribution < 1.29 is 13.9 Å². The van der Waals surface area contributed by atoms with E-state index in [1.807, 2.05) is 18.2 Å². The molecule has 0 spiro atoms. The summed E-state index contributed by atoms with van der Waals surface area (Å²) < 4.78 is 18.3. The third-order valence-electron chi connectivity index (χ3n) is 3.48. The minimum absolute atomic E-state index is 0.0432. The Hall–Kier alpha value is -2.56. The zero-order chi connectivity index (χ0) is 15.5. The van der Waals surface area contributed by atoms with Crippen molar-refractivity contribution in [3.05, 3.63) is 53.8 Å². The Morgan fingerprint density at radius 1 is 1.27 bits per heavy atom. The molecule has 114 valence electrons. The summed E-state index contributed by atoms with van der Waals surface area (Å²) in [6.45, 7) is 2.10. The van der Waals surface area contributed by atoms with E-state index in [4.69, 9.17) is 4.74 Å². The number of ether oxygens (including phenoxy) is 1. The molecule has 22 heavy (non-hydrogen) atoms. The molecule has 3 rings (SSSR count). The van der Waals surface area contributed by atoms with Gasteiger partial charge in [0.1, 0.15) is 11.6 Å². The van der Waals surface area contributed by atoms with Crippen LogP contribution in [0, 0.1) is 5.82 Å². The van der Waals surface area contributed by atoms with Gasteiger partial charge in [0.15, 0.2) is 6.61 Å². The van der Waals surface area contributed by atoms with Crippen molar-refractivity contribution in [2.75, 3.05) is 17.2 Å². The van der Waals surface area contributed by atoms with Crippen LogP contribution < -0.4 is 15.4 Å². The molecule has 0 unspecified atom stereocenters. The molecule has 0 aliphatic carbocycles. The lowest BCUT2D eigenvalue weighted by Crippen LogP contribution is -2.25. The summed E-state index contributed by atoms with van der Waals surface area (Å²) >= 11 is 0. The molecule has 4 nitrogen and oxygen atoms in total. The quantitative estimate of drug-likeness (QED) is 0.911. The molecular formula is C17H17FN2O2. The van der Waals surface area contributed by atoms with Crippen molar-refractivity contribution in [2.45, 2.75) is 19.4 Å². The van der Waals surface area contributed by atoms with Crippen molar-refractivity contribution >= 4 is 17.3 Å². The second-order valence-corrected chi connectivity index (χ2v) is 5.42. The number of nitrogens with one attached hydrogen (secondary N) is 2. The molecule has 2 aromatic carbocycles. The van der Waals surface area contributed by atoms with Crippen LogP contribution in [0.2, 0.25) is 0 Å². The van der Waals surface area contributed by atoms with Gasteiger partial charge in [-0.15, -0.1) is 0 Å². The summed E-state index contributed by atoms with van der Waals surface area (Å²) in [6, 6.07) is 12.3. The Labute approximate surface area is 128 Å². The van der Waals surface area contributed by atoms with E-state index < -0.39 is 0 Å². The van der Waals surface area contributed by atoms with E-state index in [9.17, 15) is 9.18 Å². The lowest BCUT2D eigenvalue weighted by molar-refractivity contribution is -0.118. The van der Waals surface area contributed by atoms with Crippen molar-refractivity contribution in [1.29, 1.82) is 0 Å². The lowest BCUT2D eigenvalue weighted by Gasteiger charge is -2.20. The van der Waals surface area contributed by atoms with Gasteiger partial charge in [-0.2, -0.15) is 0 Å². The molecule has 0 aromatic heterocycles. The molecule has 0 bridgehead atoms. The summed E-state index contributed by atoms with van der Waals surface area (Å²) in [7, 11) is 0. The normalized spacial score (nSPS) is 14.5. The maximum Gasteiger partial charge on any atom is 0.262 e. The third-order valence-corrected chi connectivity index (χ3v) is 3.48. The highest BCUT2D eigenvalue weighted by Gasteiger charge is 2.16. The summed E-state index contributed by atoms with van der Waals surface area (Å²) in [5.74, 6) is 0.301. The van der Waals surface area contributed by atoms with Gasteiger partial charge < -0.3 is 15.4 Å². The van der Waals surface area contributed by atoms with Crippen LogP contribution in [0.4, 0.5) is 15.8 Å². The van der Waals surface area contributed by atoms with Crippen LogP contribution in [0.25, 0.3) is 0 Å². The SMILES string of the molecule is C[C@H](Cc1ccc(F)cc1)Nc1ccc2c(c1)OCC(=O)N2. The Morgan fingerprint density at radius 3 is 2.82 bits per heavy atom. The number of hydrogen-bond donors (Lipinski definition) is 2. The van der Waals surface area contributed by atoms with Gasteiger partial charge in [0.25, 0.3) is 5.91 Å². The standard InChI is InChI=1S/C17H17FN2O2/c1-11(8-12-2-4-13(18)5-3-12)19-14-6-7-15-16(9-14)22-10-17(21)20-15/h2-7,9,11,19H,8,10H2,1H3,(H,20,21)/t11-/m1/s1. The van der Waals surface area contributed by atoms with Gasteiger partial charge in [-0.25, -0.2) is 4.39 Å². The predicted octanol–water partition coefficient (Wildman–Crippen LogP) is 3.20. The molecule has 1 aliphatic rings. The first kappa shape index (κ1) is 14.4. The highest BCUT2D eigenvalue weighted by molar-refractivity contribution is 5.95. The summed E-state index contributed by atoms with van der Waals surface area (Å²) in [5, 5.41) is 6.14. The first-order valence-corrected chi connectivity index (χ1v) is 7.18. The van der Waals surface area contributed by atoms with Gasteiger partial charge in [-0.05, 0) is 43.2 Å². The average Bonchev–Trinajstić information content (AvgIpc) is 2.50. The number of anilines is 2. The van der Waals surface area contributed by atoms with Gasteiger partial charge in [0.05, 0.1) is 5.69 Å². The van der Waals surface area contributed by atoms with Gasteiger partial charge in [0.2, 0.25) is 0 Å². The van der Waals surface area contributed by atoms with E-state index in [2.05, 4.69) is 17.6 Å². The van der Waals surface area contributed by atoms with Crippen LogP contribution >= 0.6 is 0 Å². The molecule has 0 saturated heterocycles. The second-order valence-electron chi connectivity index (χ2n) is 5.42. The maximum absolute atomic E-state index is 12.9. The fourth-order valence-electron chi connectivity index (χ4n) is 2.47. The summed E-state index contributed by atoms with van der Waals surface area (Å²) in [6.07, 6.45) is 0.787. The molecule has 5 heteroatoms. The molecular weight excluding hydrogens is 283 g/mol. The number of benzene rings is 2. The van der Waals surface area contributed by atoms with Crippen LogP contribution in [-0.4, -0.2) is 18.6 Å². The first-order valence-electron chi connectivity index (χ1n) is 7.18. The zero-order valence-corrected chi connectivity index (χ0v) is 12.2. The lowest BCUT2D eigenvalue weighted by atomic mass is 10.1. The molecule has 0 saturated carbocycles. The maximum atomic E-state index is 12.9. The van der Waals surface area contributed by atoms with E-state index in [1.54, 1.807) is 12.1 Å². The zero-order valence-electron chi connectivity index (χ0n) is 12.2. The van der Waals surface area contributed by atoms with Crippen LogP contribution in [0.3, 0.4) is 0 Å². The Morgan fingerprint density at radius 2 is 2.05 bits per heavy atom. The van der Waals surface area contributed by atoms with Crippen molar-refractivity contribution in [2.24, 2.45) is 0 Å². The topological polar surface area (TPSA) is 50.4 Å². The highest BCUT2D eigenvalue weighted by atomic mass is 19.1. The molecule has 1 amide bonds. The monoisotopic (exact) mass is 300 g/mol. The van der Waals surface area contributed by atoms with Gasteiger partial charge >= 0.3 is 0 Å². The minimum Gasteiger partial charge on any atom is -0.482 e. The van der Waals surface area contributed by atoms with E-state index in [1.165, 1.54) is 12.1 Å². The number of rotatable bonds is 4. The van der Waals surface area contributed by atoms with E-state index in [0.717, 1.165) is 17.7 Å². The van der Waals surface area contributed by atoms with Gasteiger partial charge in [-0.1, -0.05) is 12.1 Å². The first-order chi connectivity index (χ1) is 10.6. The molecule has 1 aliphatic heterocycles. The number of carbonyl (C=O) groups is 1. The molecule has 1 heterocycles. The Balaban J connectivity index is 1.65. The molecule has 0 radical (unpaired) electrons.